The molecule has 0 aliphatic carbocycles. The van der Waals surface area contributed by atoms with Crippen molar-refractivity contribution in [1.82, 2.24) is 5.43 Å². The molecule has 0 saturated heterocycles. The Bertz CT molecular complexity index is 1070. The van der Waals surface area contributed by atoms with Crippen LogP contribution in [0.5, 0.6) is 5.75 Å². The van der Waals surface area contributed by atoms with Crippen molar-refractivity contribution in [3.05, 3.63) is 87.9 Å². The van der Waals surface area contributed by atoms with Crippen LogP contribution >= 0.6 is 23.2 Å². The first-order chi connectivity index (χ1) is 14.0. The highest BCUT2D eigenvalue weighted by atomic mass is 35.5. The van der Waals surface area contributed by atoms with Crippen molar-refractivity contribution in [3.8, 4) is 5.75 Å². The maximum absolute atomic E-state index is 12.0. The van der Waals surface area contributed by atoms with E-state index in [0.29, 0.717) is 27.0 Å². The van der Waals surface area contributed by atoms with Gasteiger partial charge in [0.05, 0.1) is 23.3 Å². The number of benzene rings is 3. The van der Waals surface area contributed by atoms with Crippen LogP contribution in [-0.2, 0) is 11.2 Å². The fraction of sp³-hybridized carbons (Fsp3) is 0.0476. The van der Waals surface area contributed by atoms with Gasteiger partial charge in [-0.2, -0.15) is 10.2 Å². The predicted octanol–water partition coefficient (Wildman–Crippen LogP) is 5.81. The number of hydrogen-bond acceptors (Lipinski definition) is 5. The number of carbonyl (C=O) groups is 1. The Hall–Kier alpha value is -3.22. The second-order valence-corrected chi connectivity index (χ2v) is 6.83. The minimum Gasteiger partial charge on any atom is -0.507 e. The lowest BCUT2D eigenvalue weighted by atomic mass is 10.1. The zero-order valence-corrected chi connectivity index (χ0v) is 16.6. The van der Waals surface area contributed by atoms with E-state index in [-0.39, 0.29) is 18.1 Å². The lowest BCUT2D eigenvalue weighted by Gasteiger charge is -2.02. The molecule has 29 heavy (non-hydrogen) atoms. The minimum absolute atomic E-state index is 0.00241. The van der Waals surface area contributed by atoms with Crippen molar-refractivity contribution in [2.75, 3.05) is 0 Å². The zero-order valence-electron chi connectivity index (χ0n) is 15.1. The van der Waals surface area contributed by atoms with E-state index in [1.165, 1.54) is 12.3 Å². The van der Waals surface area contributed by atoms with Gasteiger partial charge in [0.15, 0.2) is 0 Å². The largest absolute Gasteiger partial charge is 0.507 e. The van der Waals surface area contributed by atoms with Crippen molar-refractivity contribution in [2.45, 2.75) is 6.42 Å². The van der Waals surface area contributed by atoms with Crippen LogP contribution in [-0.4, -0.2) is 17.2 Å². The summed E-state index contributed by atoms with van der Waals surface area (Å²) in [5.74, 6) is -0.296. The molecular formula is C21H16Cl2N4O2. The summed E-state index contributed by atoms with van der Waals surface area (Å²) in [5.41, 5.74) is 4.65. The molecule has 146 valence electrons. The highest BCUT2D eigenvalue weighted by molar-refractivity contribution is 6.32. The van der Waals surface area contributed by atoms with E-state index in [4.69, 9.17) is 23.2 Å². The molecule has 3 aromatic rings. The van der Waals surface area contributed by atoms with Crippen LogP contribution in [0.2, 0.25) is 10.0 Å². The first-order valence-corrected chi connectivity index (χ1v) is 9.32. The molecule has 3 rings (SSSR count). The predicted molar refractivity (Wildman–Crippen MR) is 115 cm³/mol. The topological polar surface area (TPSA) is 86.4 Å². The van der Waals surface area contributed by atoms with Gasteiger partial charge < -0.3 is 5.11 Å². The van der Waals surface area contributed by atoms with Crippen LogP contribution in [0.25, 0.3) is 0 Å². The fourth-order valence-corrected chi connectivity index (χ4v) is 2.65. The molecule has 0 atom stereocenters. The Labute approximate surface area is 177 Å². The highest BCUT2D eigenvalue weighted by Gasteiger charge is 2.04. The van der Waals surface area contributed by atoms with E-state index in [2.05, 4.69) is 20.8 Å². The molecule has 0 radical (unpaired) electrons. The molecule has 0 heterocycles. The number of amides is 1. The van der Waals surface area contributed by atoms with Gasteiger partial charge in [-0.15, -0.1) is 5.11 Å². The summed E-state index contributed by atoms with van der Waals surface area (Å²) in [6.07, 6.45) is 1.50. The van der Waals surface area contributed by atoms with Gasteiger partial charge in [0.1, 0.15) is 11.4 Å². The number of phenols is 1. The normalized spacial score (nSPS) is 11.2. The van der Waals surface area contributed by atoms with Gasteiger partial charge in [-0.25, -0.2) is 5.43 Å². The van der Waals surface area contributed by atoms with E-state index in [0.717, 1.165) is 5.56 Å². The number of nitrogens with zero attached hydrogens (tertiary/aromatic N) is 3. The molecule has 0 fully saturated rings. The third-order valence-corrected chi connectivity index (χ3v) is 4.38. The molecule has 0 saturated carbocycles. The maximum Gasteiger partial charge on any atom is 0.244 e. The first kappa shape index (κ1) is 20.5. The number of rotatable bonds is 6. The third kappa shape index (κ3) is 6.14. The Morgan fingerprint density at radius 2 is 1.76 bits per heavy atom. The summed E-state index contributed by atoms with van der Waals surface area (Å²) in [5, 5.41) is 23.2. The van der Waals surface area contributed by atoms with Gasteiger partial charge in [-0.3, -0.25) is 4.79 Å². The molecule has 6 nitrogen and oxygen atoms in total. The molecule has 0 spiro atoms. The summed E-state index contributed by atoms with van der Waals surface area (Å²) >= 11 is 11.9. The summed E-state index contributed by atoms with van der Waals surface area (Å²) in [7, 11) is 0. The Balaban J connectivity index is 1.64. The number of phenolic OH excluding ortho intramolecular Hbond substituents is 1. The summed E-state index contributed by atoms with van der Waals surface area (Å²) in [4.78, 5) is 12.0. The monoisotopic (exact) mass is 426 g/mol. The second-order valence-electron chi connectivity index (χ2n) is 5.99. The molecule has 3 aromatic carbocycles. The van der Waals surface area contributed by atoms with E-state index >= 15 is 0 Å². The van der Waals surface area contributed by atoms with E-state index in [9.17, 15) is 9.90 Å². The van der Waals surface area contributed by atoms with Crippen molar-refractivity contribution >= 4 is 46.7 Å². The lowest BCUT2D eigenvalue weighted by molar-refractivity contribution is -0.120. The highest BCUT2D eigenvalue weighted by Crippen LogP contribution is 2.27. The van der Waals surface area contributed by atoms with E-state index in [1.807, 2.05) is 6.07 Å². The average molecular weight is 427 g/mol. The van der Waals surface area contributed by atoms with Crippen molar-refractivity contribution < 1.29 is 9.90 Å². The quantitative estimate of drug-likeness (QED) is 0.296. The van der Waals surface area contributed by atoms with Crippen molar-refractivity contribution in [3.63, 3.8) is 0 Å². The van der Waals surface area contributed by atoms with Crippen molar-refractivity contribution in [1.29, 1.82) is 0 Å². The first-order valence-electron chi connectivity index (χ1n) is 8.57. The summed E-state index contributed by atoms with van der Waals surface area (Å²) in [6.45, 7) is 0. The summed E-state index contributed by atoms with van der Waals surface area (Å²) in [6, 6.07) is 18.7. The maximum atomic E-state index is 12.0. The molecule has 0 aromatic heterocycles. The van der Waals surface area contributed by atoms with E-state index < -0.39 is 0 Å². The van der Waals surface area contributed by atoms with Crippen LogP contribution in [0.1, 0.15) is 11.1 Å². The third-order valence-electron chi connectivity index (χ3n) is 3.81. The van der Waals surface area contributed by atoms with Gasteiger partial charge in [0.25, 0.3) is 0 Å². The van der Waals surface area contributed by atoms with Crippen LogP contribution in [0, 0.1) is 0 Å². The fourth-order valence-electron chi connectivity index (χ4n) is 2.35. The Morgan fingerprint density at radius 1 is 1.00 bits per heavy atom. The molecule has 0 unspecified atom stereocenters. The molecule has 0 aliphatic rings. The average Bonchev–Trinajstić information content (AvgIpc) is 2.71. The lowest BCUT2D eigenvalue weighted by Crippen LogP contribution is -2.19. The van der Waals surface area contributed by atoms with Crippen LogP contribution in [0.3, 0.4) is 0 Å². The Kier molecular flexibility index (Phi) is 6.94. The number of nitrogens with one attached hydrogen (secondary N) is 1. The number of halogens is 2. The minimum atomic E-state index is -0.294. The molecular weight excluding hydrogens is 411 g/mol. The molecule has 8 heteroatoms. The van der Waals surface area contributed by atoms with Gasteiger partial charge in [-0.1, -0.05) is 47.5 Å². The van der Waals surface area contributed by atoms with E-state index in [1.54, 1.807) is 54.6 Å². The standard InChI is InChI=1S/C21H16Cl2N4O2/c22-16-7-5-14(6-8-16)11-21(29)27-24-13-15-12-17(9-10-20(15)28)25-26-19-4-2-1-3-18(19)23/h1-10,12-13,28H,11H2,(H,27,29)/b24-13+,26-25?. The Morgan fingerprint density at radius 3 is 2.52 bits per heavy atom. The van der Waals surface area contributed by atoms with Crippen LogP contribution < -0.4 is 5.43 Å². The SMILES string of the molecule is O=C(Cc1ccc(Cl)cc1)N/N=C/c1cc(N=Nc2ccccc2Cl)ccc1O. The van der Waals surface area contributed by atoms with Gasteiger partial charge in [-0.05, 0) is 48.0 Å². The van der Waals surface area contributed by atoms with Crippen LogP contribution in [0.15, 0.2) is 82.1 Å². The van der Waals surface area contributed by atoms with Crippen LogP contribution in [0.4, 0.5) is 11.4 Å². The molecule has 2 N–H and O–H groups in total. The zero-order chi connectivity index (χ0) is 20.6. The summed E-state index contributed by atoms with van der Waals surface area (Å²) < 4.78 is 0. The van der Waals surface area contributed by atoms with Gasteiger partial charge in [0, 0.05) is 10.6 Å². The van der Waals surface area contributed by atoms with Gasteiger partial charge >= 0.3 is 0 Å². The number of aromatic hydroxyl groups is 1. The number of carbonyl (C=O) groups excluding carboxylic acids is 1. The number of azo groups is 1. The number of hydrazone groups is 1. The smallest absolute Gasteiger partial charge is 0.244 e. The molecule has 0 bridgehead atoms. The molecule has 0 aliphatic heterocycles. The van der Waals surface area contributed by atoms with Crippen molar-refractivity contribution in [2.24, 2.45) is 15.3 Å². The molecule has 1 amide bonds. The number of hydrogen-bond donors (Lipinski definition) is 2. The van der Waals surface area contributed by atoms with Gasteiger partial charge in [0.2, 0.25) is 5.91 Å². The second kappa shape index (κ2) is 9.82.